The van der Waals surface area contributed by atoms with Crippen LogP contribution >= 0.6 is 22.7 Å². The molecule has 4 rings (SSSR count). The molecule has 11 heteroatoms. The van der Waals surface area contributed by atoms with E-state index in [2.05, 4.69) is 15.8 Å². The Morgan fingerprint density at radius 1 is 1.17 bits per heavy atom. The van der Waals surface area contributed by atoms with Crippen LogP contribution in [0.5, 0.6) is 0 Å². The van der Waals surface area contributed by atoms with Crippen LogP contribution in [0.2, 0.25) is 0 Å². The summed E-state index contributed by atoms with van der Waals surface area (Å²) in [6.07, 6.45) is -3.21. The molecule has 0 saturated heterocycles. The van der Waals surface area contributed by atoms with Gasteiger partial charge in [0.2, 0.25) is 0 Å². The maximum atomic E-state index is 12.9. The lowest BCUT2D eigenvalue weighted by Gasteiger charge is -2.12. The zero-order valence-electron chi connectivity index (χ0n) is 15.1. The summed E-state index contributed by atoms with van der Waals surface area (Å²) >= 11 is 2.84. The molecule has 6 nitrogen and oxygen atoms in total. The van der Waals surface area contributed by atoms with Crippen LogP contribution in [-0.4, -0.2) is 15.5 Å². The average Bonchev–Trinajstić information content (AvgIpc) is 3.38. The standard InChI is InChI=1S/C19H13F3N4O2S2/c20-19(21,22)11-3-1-4-12(7-11)24-25-15(27)8-26-10-23-17-16(18(26)28)13(9-30-17)14-5-2-6-29-14/h1-7,9-10,24H,8H2,(H,25,27). The van der Waals surface area contributed by atoms with Crippen molar-refractivity contribution in [3.05, 3.63) is 69.4 Å². The van der Waals surface area contributed by atoms with Gasteiger partial charge in [0, 0.05) is 15.8 Å². The van der Waals surface area contributed by atoms with Crippen LogP contribution in [0.3, 0.4) is 0 Å². The number of benzene rings is 1. The summed E-state index contributed by atoms with van der Waals surface area (Å²) in [6, 6.07) is 8.19. The van der Waals surface area contributed by atoms with Crippen LogP contribution < -0.4 is 16.4 Å². The molecular formula is C19H13F3N4O2S2. The first-order valence-corrected chi connectivity index (χ1v) is 10.3. The minimum Gasteiger partial charge on any atom is -0.299 e. The maximum Gasteiger partial charge on any atom is 0.416 e. The number of nitrogens with zero attached hydrogens (tertiary/aromatic N) is 2. The highest BCUT2D eigenvalue weighted by molar-refractivity contribution is 7.18. The zero-order chi connectivity index (χ0) is 21.3. The van der Waals surface area contributed by atoms with Gasteiger partial charge in [-0.2, -0.15) is 13.2 Å². The topological polar surface area (TPSA) is 76.0 Å². The summed E-state index contributed by atoms with van der Waals surface area (Å²) in [5, 5.41) is 4.19. The molecule has 0 aliphatic rings. The SMILES string of the molecule is O=C(Cn1cnc2scc(-c3cccs3)c2c1=O)NNc1cccc(C(F)(F)F)c1. The summed E-state index contributed by atoms with van der Waals surface area (Å²) < 4.78 is 39.5. The van der Waals surface area contributed by atoms with Crippen molar-refractivity contribution in [2.75, 3.05) is 5.43 Å². The molecule has 0 aliphatic heterocycles. The number of rotatable bonds is 5. The van der Waals surface area contributed by atoms with E-state index in [9.17, 15) is 22.8 Å². The van der Waals surface area contributed by atoms with E-state index in [0.29, 0.717) is 10.2 Å². The minimum absolute atomic E-state index is 0.0666. The Hall–Kier alpha value is -3.18. The molecule has 0 spiro atoms. The van der Waals surface area contributed by atoms with Crippen LogP contribution in [0, 0.1) is 0 Å². The molecule has 4 aromatic rings. The Kier molecular flexibility index (Phi) is 5.31. The number of thiophene rings is 2. The van der Waals surface area contributed by atoms with Crippen molar-refractivity contribution in [1.82, 2.24) is 15.0 Å². The van der Waals surface area contributed by atoms with Gasteiger partial charge < -0.3 is 0 Å². The van der Waals surface area contributed by atoms with Gasteiger partial charge in [0.1, 0.15) is 11.4 Å². The van der Waals surface area contributed by atoms with Gasteiger partial charge in [-0.05, 0) is 29.6 Å². The largest absolute Gasteiger partial charge is 0.416 e. The predicted octanol–water partition coefficient (Wildman–Crippen LogP) is 4.35. The first kappa shape index (κ1) is 20.1. The molecule has 1 aromatic carbocycles. The van der Waals surface area contributed by atoms with E-state index in [1.54, 1.807) is 0 Å². The van der Waals surface area contributed by atoms with Crippen molar-refractivity contribution in [1.29, 1.82) is 0 Å². The number of hydrazine groups is 1. The molecule has 3 heterocycles. The molecule has 0 aliphatic carbocycles. The molecular weight excluding hydrogens is 437 g/mol. The van der Waals surface area contributed by atoms with E-state index in [0.717, 1.165) is 27.1 Å². The number of hydrogen-bond donors (Lipinski definition) is 2. The quantitative estimate of drug-likeness (QED) is 0.444. The first-order chi connectivity index (χ1) is 14.3. The van der Waals surface area contributed by atoms with E-state index in [4.69, 9.17) is 0 Å². The van der Waals surface area contributed by atoms with Gasteiger partial charge in [-0.25, -0.2) is 4.98 Å². The highest BCUT2D eigenvalue weighted by atomic mass is 32.1. The van der Waals surface area contributed by atoms with E-state index in [1.165, 1.54) is 41.1 Å². The maximum absolute atomic E-state index is 12.9. The minimum atomic E-state index is -4.49. The number of amides is 1. The molecule has 30 heavy (non-hydrogen) atoms. The number of carbonyl (C=O) groups is 1. The third-order valence-electron chi connectivity index (χ3n) is 4.20. The van der Waals surface area contributed by atoms with Gasteiger partial charge in [0.25, 0.3) is 11.5 Å². The number of halogens is 3. The Morgan fingerprint density at radius 2 is 2.00 bits per heavy atom. The summed E-state index contributed by atoms with van der Waals surface area (Å²) in [6.45, 7) is -0.340. The zero-order valence-corrected chi connectivity index (χ0v) is 16.7. The number of fused-ring (bicyclic) bond motifs is 1. The van der Waals surface area contributed by atoms with Gasteiger partial charge >= 0.3 is 6.18 Å². The molecule has 0 unspecified atom stereocenters. The smallest absolute Gasteiger partial charge is 0.299 e. The lowest BCUT2D eigenvalue weighted by atomic mass is 10.2. The molecule has 154 valence electrons. The summed E-state index contributed by atoms with van der Waals surface area (Å²) in [5.74, 6) is -0.608. The Balaban J connectivity index is 1.51. The lowest BCUT2D eigenvalue weighted by molar-refractivity contribution is -0.137. The van der Waals surface area contributed by atoms with E-state index < -0.39 is 17.6 Å². The van der Waals surface area contributed by atoms with E-state index >= 15 is 0 Å². The molecule has 0 fully saturated rings. The molecule has 1 amide bonds. The van der Waals surface area contributed by atoms with Crippen molar-refractivity contribution in [2.45, 2.75) is 12.7 Å². The Labute approximate surface area is 175 Å². The predicted molar refractivity (Wildman–Crippen MR) is 110 cm³/mol. The van der Waals surface area contributed by atoms with Gasteiger partial charge in [0.05, 0.1) is 23.0 Å². The van der Waals surface area contributed by atoms with Gasteiger partial charge in [0.15, 0.2) is 0 Å². The van der Waals surface area contributed by atoms with Gasteiger partial charge in [-0.15, -0.1) is 22.7 Å². The van der Waals surface area contributed by atoms with Crippen molar-refractivity contribution < 1.29 is 18.0 Å². The molecule has 3 aromatic heterocycles. The second kappa shape index (κ2) is 7.92. The average molecular weight is 450 g/mol. The third kappa shape index (κ3) is 4.07. The molecule has 0 atom stereocenters. The van der Waals surface area contributed by atoms with Crippen molar-refractivity contribution in [3.8, 4) is 10.4 Å². The molecule has 0 radical (unpaired) electrons. The lowest BCUT2D eigenvalue weighted by Crippen LogP contribution is -2.35. The molecule has 2 N–H and O–H groups in total. The molecule has 0 bridgehead atoms. The Bertz CT molecular complexity index is 1260. The third-order valence-corrected chi connectivity index (χ3v) is 5.99. The van der Waals surface area contributed by atoms with Crippen LogP contribution in [0.25, 0.3) is 20.7 Å². The van der Waals surface area contributed by atoms with Crippen LogP contribution in [0.4, 0.5) is 18.9 Å². The van der Waals surface area contributed by atoms with Crippen LogP contribution in [-0.2, 0) is 17.5 Å². The summed E-state index contributed by atoms with van der Waals surface area (Å²) in [4.78, 5) is 30.8. The van der Waals surface area contributed by atoms with Crippen molar-refractivity contribution >= 4 is 44.5 Å². The van der Waals surface area contributed by atoms with Crippen molar-refractivity contribution in [3.63, 3.8) is 0 Å². The number of nitrogens with one attached hydrogen (secondary N) is 2. The number of anilines is 1. The Morgan fingerprint density at radius 3 is 2.73 bits per heavy atom. The fraction of sp³-hybridized carbons (Fsp3) is 0.105. The monoisotopic (exact) mass is 450 g/mol. The van der Waals surface area contributed by atoms with Crippen LogP contribution in [0.15, 0.2) is 58.3 Å². The summed E-state index contributed by atoms with van der Waals surface area (Å²) in [5.41, 5.74) is 4.36. The number of carbonyl (C=O) groups excluding carboxylic acids is 1. The number of aromatic nitrogens is 2. The fourth-order valence-electron chi connectivity index (χ4n) is 2.80. The first-order valence-electron chi connectivity index (χ1n) is 8.55. The number of hydrogen-bond acceptors (Lipinski definition) is 6. The van der Waals surface area contributed by atoms with Crippen LogP contribution in [0.1, 0.15) is 5.56 Å². The van der Waals surface area contributed by atoms with Gasteiger partial charge in [-0.3, -0.25) is 25.0 Å². The van der Waals surface area contributed by atoms with E-state index in [-0.39, 0.29) is 17.8 Å². The summed E-state index contributed by atoms with van der Waals surface area (Å²) in [7, 11) is 0. The van der Waals surface area contributed by atoms with Gasteiger partial charge in [-0.1, -0.05) is 12.1 Å². The fourth-order valence-corrected chi connectivity index (χ4v) is 4.52. The second-order valence-electron chi connectivity index (χ2n) is 6.24. The molecule has 0 saturated carbocycles. The highest BCUT2D eigenvalue weighted by Gasteiger charge is 2.30. The second-order valence-corrected chi connectivity index (χ2v) is 8.04. The number of alkyl halides is 3. The van der Waals surface area contributed by atoms with Crippen molar-refractivity contribution in [2.24, 2.45) is 0 Å². The normalized spacial score (nSPS) is 11.6. The highest BCUT2D eigenvalue weighted by Crippen LogP contribution is 2.33. The van der Waals surface area contributed by atoms with E-state index in [1.807, 2.05) is 22.9 Å².